The van der Waals surface area contributed by atoms with Crippen LogP contribution >= 0.6 is 36.4 Å². The van der Waals surface area contributed by atoms with Crippen LogP contribution in [0.15, 0.2) is 42.5 Å². The first-order valence-corrected chi connectivity index (χ1v) is 10.2. The van der Waals surface area contributed by atoms with Crippen molar-refractivity contribution in [3.8, 4) is 0 Å². The van der Waals surface area contributed by atoms with Crippen molar-refractivity contribution in [1.82, 2.24) is 10.2 Å². The number of nitrogens with zero attached hydrogens (tertiary/aromatic N) is 2. The van der Waals surface area contributed by atoms with Crippen molar-refractivity contribution < 1.29 is 9.18 Å². The molecule has 0 spiro atoms. The third-order valence-corrected chi connectivity index (χ3v) is 5.55. The second-order valence-corrected chi connectivity index (χ2v) is 7.40. The van der Waals surface area contributed by atoms with E-state index in [0.29, 0.717) is 17.1 Å². The SMILES string of the molecule is CCN(CC)CCCN1C(=O)CNC(c2ccccc2F)c2cc(Cl)ccc21.Cl.Cl. The molecule has 0 aliphatic carbocycles. The van der Waals surface area contributed by atoms with E-state index in [1.54, 1.807) is 24.3 Å². The molecule has 0 radical (unpaired) electrons. The number of nitrogens with one attached hydrogen (secondary N) is 1. The van der Waals surface area contributed by atoms with Gasteiger partial charge in [-0.05, 0) is 55.9 Å². The van der Waals surface area contributed by atoms with Gasteiger partial charge in [-0.2, -0.15) is 0 Å². The Morgan fingerprint density at radius 2 is 1.83 bits per heavy atom. The number of anilines is 1. The van der Waals surface area contributed by atoms with Gasteiger partial charge in [0.1, 0.15) is 5.82 Å². The quantitative estimate of drug-likeness (QED) is 0.605. The van der Waals surface area contributed by atoms with Gasteiger partial charge < -0.3 is 9.80 Å². The number of amides is 1. The normalized spacial score (nSPS) is 15.8. The Kier molecular flexibility index (Phi) is 11.1. The maximum Gasteiger partial charge on any atom is 0.240 e. The van der Waals surface area contributed by atoms with Gasteiger partial charge in [0.2, 0.25) is 5.91 Å². The van der Waals surface area contributed by atoms with E-state index >= 15 is 0 Å². The van der Waals surface area contributed by atoms with Crippen LogP contribution in [-0.4, -0.2) is 43.5 Å². The average Bonchev–Trinajstić information content (AvgIpc) is 2.82. The molecule has 0 aromatic heterocycles. The Morgan fingerprint density at radius 1 is 1.13 bits per heavy atom. The Labute approximate surface area is 195 Å². The predicted molar refractivity (Wildman–Crippen MR) is 127 cm³/mol. The van der Waals surface area contributed by atoms with Gasteiger partial charge in [-0.1, -0.05) is 43.6 Å². The summed E-state index contributed by atoms with van der Waals surface area (Å²) in [6, 6.07) is 11.7. The van der Waals surface area contributed by atoms with Crippen molar-refractivity contribution >= 4 is 48.0 Å². The molecule has 0 saturated heterocycles. The van der Waals surface area contributed by atoms with E-state index in [-0.39, 0.29) is 43.1 Å². The van der Waals surface area contributed by atoms with Crippen LogP contribution in [0.5, 0.6) is 0 Å². The lowest BCUT2D eigenvalue weighted by Gasteiger charge is -2.26. The Bertz CT molecular complexity index is 833. The zero-order chi connectivity index (χ0) is 20.1. The number of halogens is 4. The second kappa shape index (κ2) is 12.5. The summed E-state index contributed by atoms with van der Waals surface area (Å²) in [5.41, 5.74) is 2.14. The molecule has 0 bridgehead atoms. The van der Waals surface area contributed by atoms with E-state index in [1.165, 1.54) is 6.07 Å². The maximum absolute atomic E-state index is 14.5. The first kappa shape index (κ1) is 26.7. The molecule has 1 N–H and O–H groups in total. The topological polar surface area (TPSA) is 35.6 Å². The van der Waals surface area contributed by atoms with Gasteiger partial charge in [0, 0.05) is 22.8 Å². The van der Waals surface area contributed by atoms with Crippen LogP contribution in [0, 0.1) is 5.82 Å². The summed E-state index contributed by atoms with van der Waals surface area (Å²) in [4.78, 5) is 17.0. The fraction of sp³-hybridized carbons (Fsp3) is 0.409. The van der Waals surface area contributed by atoms with E-state index in [2.05, 4.69) is 24.1 Å². The third-order valence-electron chi connectivity index (χ3n) is 5.32. The first-order chi connectivity index (χ1) is 13.5. The van der Waals surface area contributed by atoms with Crippen LogP contribution in [0.2, 0.25) is 5.02 Å². The summed E-state index contributed by atoms with van der Waals surface area (Å²) in [6.07, 6.45) is 0.875. The number of carbonyl (C=O) groups excluding carboxylic acids is 1. The molecule has 4 nitrogen and oxygen atoms in total. The number of fused-ring (bicyclic) bond motifs is 1. The monoisotopic (exact) mass is 475 g/mol. The van der Waals surface area contributed by atoms with Gasteiger partial charge in [-0.3, -0.25) is 10.1 Å². The van der Waals surface area contributed by atoms with Crippen LogP contribution in [0.25, 0.3) is 0 Å². The van der Waals surface area contributed by atoms with Crippen molar-refractivity contribution in [3.63, 3.8) is 0 Å². The third kappa shape index (κ3) is 6.08. The van der Waals surface area contributed by atoms with E-state index < -0.39 is 6.04 Å². The highest BCUT2D eigenvalue weighted by atomic mass is 35.5. The average molecular weight is 477 g/mol. The van der Waals surface area contributed by atoms with Crippen LogP contribution < -0.4 is 10.2 Å². The number of carbonyl (C=O) groups is 1. The lowest BCUT2D eigenvalue weighted by Crippen LogP contribution is -2.38. The number of hydrogen-bond acceptors (Lipinski definition) is 3. The number of benzene rings is 2. The Hall–Kier alpha value is -1.37. The maximum atomic E-state index is 14.5. The molecule has 1 heterocycles. The van der Waals surface area contributed by atoms with E-state index in [4.69, 9.17) is 11.6 Å². The highest BCUT2D eigenvalue weighted by Gasteiger charge is 2.29. The fourth-order valence-corrected chi connectivity index (χ4v) is 3.94. The summed E-state index contributed by atoms with van der Waals surface area (Å²) < 4.78 is 14.5. The minimum Gasteiger partial charge on any atom is -0.311 e. The predicted octanol–water partition coefficient (Wildman–Crippen LogP) is 5.08. The Morgan fingerprint density at radius 3 is 2.50 bits per heavy atom. The molecule has 30 heavy (non-hydrogen) atoms. The lowest BCUT2D eigenvalue weighted by atomic mass is 9.96. The van der Waals surface area contributed by atoms with Gasteiger partial charge in [0.05, 0.1) is 12.6 Å². The molecular weight excluding hydrogens is 448 g/mol. The van der Waals surface area contributed by atoms with Crippen molar-refractivity contribution in [3.05, 3.63) is 64.4 Å². The zero-order valence-corrected chi connectivity index (χ0v) is 19.6. The molecule has 3 rings (SSSR count). The molecule has 1 atom stereocenters. The van der Waals surface area contributed by atoms with E-state index in [1.807, 2.05) is 17.0 Å². The van der Waals surface area contributed by atoms with Crippen molar-refractivity contribution in [2.24, 2.45) is 0 Å². The van der Waals surface area contributed by atoms with Crippen LogP contribution in [-0.2, 0) is 4.79 Å². The Balaban J connectivity index is 0.00000225. The highest BCUT2D eigenvalue weighted by molar-refractivity contribution is 6.30. The summed E-state index contributed by atoms with van der Waals surface area (Å²) in [5.74, 6) is -0.310. The largest absolute Gasteiger partial charge is 0.311 e. The van der Waals surface area contributed by atoms with Gasteiger partial charge in [-0.15, -0.1) is 24.8 Å². The number of rotatable bonds is 7. The first-order valence-electron chi connectivity index (χ1n) is 9.85. The van der Waals surface area contributed by atoms with Gasteiger partial charge in [-0.25, -0.2) is 4.39 Å². The minimum atomic E-state index is -0.424. The second-order valence-electron chi connectivity index (χ2n) is 6.96. The van der Waals surface area contributed by atoms with Crippen molar-refractivity contribution in [2.75, 3.05) is 37.6 Å². The van der Waals surface area contributed by atoms with Crippen LogP contribution in [0.1, 0.15) is 37.4 Å². The fourth-order valence-electron chi connectivity index (χ4n) is 3.76. The van der Waals surface area contributed by atoms with Crippen LogP contribution in [0.3, 0.4) is 0 Å². The minimum absolute atomic E-state index is 0. The molecular formula is C22H29Cl3FN3O. The molecule has 2 aromatic carbocycles. The number of hydrogen-bond donors (Lipinski definition) is 1. The smallest absolute Gasteiger partial charge is 0.240 e. The molecule has 0 saturated carbocycles. The lowest BCUT2D eigenvalue weighted by molar-refractivity contribution is -0.117. The van der Waals surface area contributed by atoms with Gasteiger partial charge in [0.15, 0.2) is 0 Å². The molecule has 1 amide bonds. The molecule has 0 fully saturated rings. The van der Waals surface area contributed by atoms with Gasteiger partial charge >= 0.3 is 0 Å². The summed E-state index contributed by atoms with van der Waals surface area (Å²) >= 11 is 6.26. The van der Waals surface area contributed by atoms with Crippen LogP contribution in [0.4, 0.5) is 10.1 Å². The van der Waals surface area contributed by atoms with Gasteiger partial charge in [0.25, 0.3) is 0 Å². The zero-order valence-electron chi connectivity index (χ0n) is 17.2. The molecule has 166 valence electrons. The summed E-state index contributed by atoms with van der Waals surface area (Å²) in [6.45, 7) is 7.97. The molecule has 2 aromatic rings. The molecule has 1 aliphatic heterocycles. The molecule has 1 unspecified atom stereocenters. The molecule has 1 aliphatic rings. The van der Waals surface area contributed by atoms with E-state index in [9.17, 15) is 9.18 Å². The standard InChI is InChI=1S/C22H27ClFN3O.2ClH/c1-3-26(4-2)12-7-13-27-20-11-10-16(23)14-18(20)22(25-15-21(27)28)17-8-5-6-9-19(17)24;;/h5-6,8-11,14,22,25H,3-4,7,12-13,15H2,1-2H3;2*1H. The van der Waals surface area contributed by atoms with Crippen molar-refractivity contribution in [1.29, 1.82) is 0 Å². The summed E-state index contributed by atoms with van der Waals surface area (Å²) in [7, 11) is 0. The van der Waals surface area contributed by atoms with E-state index in [0.717, 1.165) is 37.3 Å². The van der Waals surface area contributed by atoms with Crippen molar-refractivity contribution in [2.45, 2.75) is 26.3 Å². The summed E-state index contributed by atoms with van der Waals surface area (Å²) in [5, 5.41) is 3.79. The highest BCUT2D eigenvalue weighted by Crippen LogP contribution is 2.36. The molecule has 8 heteroatoms.